The molecule has 27 heavy (non-hydrogen) atoms. The number of benzene rings is 2. The number of nitriles is 1. The Kier molecular flexibility index (Phi) is 7.04. The van der Waals surface area contributed by atoms with E-state index in [1.54, 1.807) is 18.2 Å². The van der Waals surface area contributed by atoms with Gasteiger partial charge in [0.2, 0.25) is 0 Å². The highest BCUT2D eigenvalue weighted by atomic mass is 35.5. The number of aryl methyl sites for hydroxylation is 2. The van der Waals surface area contributed by atoms with E-state index in [0.717, 1.165) is 17.5 Å². The van der Waals surface area contributed by atoms with Crippen molar-refractivity contribution in [3.05, 3.63) is 63.7 Å². The number of hydrogen-bond acceptors (Lipinski definition) is 3. The summed E-state index contributed by atoms with van der Waals surface area (Å²) in [7, 11) is 0. The van der Waals surface area contributed by atoms with Crippen molar-refractivity contribution in [1.82, 2.24) is 0 Å². The summed E-state index contributed by atoms with van der Waals surface area (Å²) in [6.45, 7) is 7.97. The Bertz CT molecular complexity index is 913. The highest BCUT2D eigenvalue weighted by Gasteiger charge is 2.11. The molecule has 5 heteroatoms. The fourth-order valence-electron chi connectivity index (χ4n) is 2.34. The van der Waals surface area contributed by atoms with E-state index in [1.807, 2.05) is 52.0 Å². The number of carbonyl (C=O) groups is 1. The van der Waals surface area contributed by atoms with Crippen molar-refractivity contribution in [3.63, 3.8) is 0 Å². The predicted molar refractivity (Wildman–Crippen MR) is 110 cm³/mol. The average Bonchev–Trinajstić information content (AvgIpc) is 2.64. The quantitative estimate of drug-likeness (QED) is 0.516. The van der Waals surface area contributed by atoms with Crippen LogP contribution in [0, 0.1) is 25.2 Å². The molecule has 0 aliphatic rings. The number of carbonyl (C=O) groups excluding carboxylic acids is 1. The summed E-state index contributed by atoms with van der Waals surface area (Å²) in [5.41, 5.74) is 3.51. The van der Waals surface area contributed by atoms with Gasteiger partial charge >= 0.3 is 0 Å². The fourth-order valence-corrected chi connectivity index (χ4v) is 2.57. The molecule has 0 aromatic heterocycles. The van der Waals surface area contributed by atoms with E-state index in [1.165, 1.54) is 6.08 Å². The van der Waals surface area contributed by atoms with Gasteiger partial charge in [-0.2, -0.15) is 5.26 Å². The van der Waals surface area contributed by atoms with Crippen LogP contribution in [0.4, 0.5) is 5.69 Å². The van der Waals surface area contributed by atoms with Crippen LogP contribution < -0.4 is 10.1 Å². The monoisotopic (exact) mass is 382 g/mol. The van der Waals surface area contributed by atoms with Gasteiger partial charge in [-0.3, -0.25) is 4.79 Å². The molecule has 1 N–H and O–H groups in total. The number of rotatable bonds is 6. The lowest BCUT2D eigenvalue weighted by atomic mass is 10.1. The number of ether oxygens (including phenoxy) is 1. The van der Waals surface area contributed by atoms with Gasteiger partial charge in [0, 0.05) is 5.69 Å². The number of anilines is 1. The Morgan fingerprint density at radius 1 is 1.26 bits per heavy atom. The van der Waals surface area contributed by atoms with E-state index < -0.39 is 5.91 Å². The molecule has 4 nitrogen and oxygen atoms in total. The first kappa shape index (κ1) is 20.5. The largest absolute Gasteiger partial charge is 0.489 e. The molecule has 0 saturated carbocycles. The van der Waals surface area contributed by atoms with Crippen LogP contribution in [0.25, 0.3) is 6.08 Å². The summed E-state index contributed by atoms with van der Waals surface area (Å²) in [4.78, 5) is 12.4. The molecule has 0 unspecified atom stereocenters. The lowest BCUT2D eigenvalue weighted by Crippen LogP contribution is -2.13. The van der Waals surface area contributed by atoms with Gasteiger partial charge in [-0.05, 0) is 74.2 Å². The van der Waals surface area contributed by atoms with E-state index in [4.69, 9.17) is 16.3 Å². The molecule has 2 aromatic rings. The molecule has 0 radical (unpaired) electrons. The first-order valence-electron chi connectivity index (χ1n) is 8.80. The standard InChI is InChI=1S/C22H23ClN2O2/c1-5-16(4)27-21-9-7-17(12-20(21)23)11-18(13-24)22(26)25-19-8-6-14(2)15(3)10-19/h6-12,16H,5H2,1-4H3,(H,25,26)/b18-11-/t16-/m0/s1. The van der Waals surface area contributed by atoms with Crippen LogP contribution in [-0.2, 0) is 4.79 Å². The molecule has 2 rings (SSSR count). The van der Waals surface area contributed by atoms with Crippen molar-refractivity contribution in [2.75, 3.05) is 5.32 Å². The van der Waals surface area contributed by atoms with Crippen molar-refractivity contribution in [2.45, 2.75) is 40.2 Å². The van der Waals surface area contributed by atoms with Gasteiger partial charge in [0.25, 0.3) is 5.91 Å². The maximum absolute atomic E-state index is 12.4. The van der Waals surface area contributed by atoms with E-state index in [-0.39, 0.29) is 11.7 Å². The number of hydrogen-bond donors (Lipinski definition) is 1. The maximum Gasteiger partial charge on any atom is 0.266 e. The van der Waals surface area contributed by atoms with E-state index >= 15 is 0 Å². The summed E-state index contributed by atoms with van der Waals surface area (Å²) < 4.78 is 5.73. The van der Waals surface area contributed by atoms with E-state index in [2.05, 4.69) is 5.32 Å². The van der Waals surface area contributed by atoms with Gasteiger partial charge in [0.15, 0.2) is 0 Å². The lowest BCUT2D eigenvalue weighted by molar-refractivity contribution is -0.112. The Morgan fingerprint density at radius 2 is 2.00 bits per heavy atom. The molecule has 0 spiro atoms. The van der Waals surface area contributed by atoms with Crippen LogP contribution in [0.2, 0.25) is 5.02 Å². The Morgan fingerprint density at radius 3 is 2.59 bits per heavy atom. The average molecular weight is 383 g/mol. The third-order valence-corrected chi connectivity index (χ3v) is 4.60. The first-order chi connectivity index (χ1) is 12.8. The Balaban J connectivity index is 2.19. The molecule has 0 bridgehead atoms. The Hall–Kier alpha value is -2.77. The second kappa shape index (κ2) is 9.25. The minimum absolute atomic E-state index is 0.000102. The van der Waals surface area contributed by atoms with Gasteiger partial charge < -0.3 is 10.1 Å². The number of amides is 1. The van der Waals surface area contributed by atoms with Gasteiger partial charge in [-0.25, -0.2) is 0 Å². The summed E-state index contributed by atoms with van der Waals surface area (Å²) in [5, 5.41) is 12.6. The van der Waals surface area contributed by atoms with Crippen molar-refractivity contribution in [2.24, 2.45) is 0 Å². The second-order valence-electron chi connectivity index (χ2n) is 6.45. The molecule has 1 amide bonds. The van der Waals surface area contributed by atoms with Gasteiger partial charge in [-0.1, -0.05) is 30.7 Å². The van der Waals surface area contributed by atoms with E-state index in [9.17, 15) is 10.1 Å². The molecule has 0 fully saturated rings. The van der Waals surface area contributed by atoms with Crippen LogP contribution in [0.15, 0.2) is 42.0 Å². The van der Waals surface area contributed by atoms with E-state index in [0.29, 0.717) is 22.0 Å². The third kappa shape index (κ3) is 5.60. The molecule has 2 aromatic carbocycles. The van der Waals surface area contributed by atoms with Gasteiger partial charge in [0.05, 0.1) is 11.1 Å². The molecule has 0 aliphatic heterocycles. The molecule has 0 aliphatic carbocycles. The van der Waals surface area contributed by atoms with Crippen molar-refractivity contribution in [3.8, 4) is 11.8 Å². The maximum atomic E-state index is 12.4. The molecular formula is C22H23ClN2O2. The zero-order valence-corrected chi connectivity index (χ0v) is 16.7. The minimum Gasteiger partial charge on any atom is -0.489 e. The molecular weight excluding hydrogens is 360 g/mol. The SMILES string of the molecule is CC[C@H](C)Oc1ccc(/C=C(/C#N)C(=O)Nc2ccc(C)c(C)c2)cc1Cl. The minimum atomic E-state index is -0.461. The fraction of sp³-hybridized carbons (Fsp3) is 0.273. The molecule has 140 valence electrons. The van der Waals surface area contributed by atoms with Gasteiger partial charge in [-0.15, -0.1) is 0 Å². The van der Waals surface area contributed by atoms with Crippen LogP contribution in [-0.4, -0.2) is 12.0 Å². The highest BCUT2D eigenvalue weighted by Crippen LogP contribution is 2.28. The third-order valence-electron chi connectivity index (χ3n) is 4.30. The van der Waals surface area contributed by atoms with Crippen molar-refractivity contribution in [1.29, 1.82) is 5.26 Å². The van der Waals surface area contributed by atoms with Crippen LogP contribution >= 0.6 is 11.6 Å². The normalized spacial score (nSPS) is 12.2. The Labute approximate surface area is 165 Å². The topological polar surface area (TPSA) is 62.1 Å². The van der Waals surface area contributed by atoms with Crippen LogP contribution in [0.5, 0.6) is 5.75 Å². The zero-order chi connectivity index (χ0) is 20.0. The van der Waals surface area contributed by atoms with Crippen molar-refractivity contribution < 1.29 is 9.53 Å². The second-order valence-corrected chi connectivity index (χ2v) is 6.86. The number of nitrogens with one attached hydrogen (secondary N) is 1. The summed E-state index contributed by atoms with van der Waals surface area (Å²) >= 11 is 6.26. The summed E-state index contributed by atoms with van der Waals surface area (Å²) in [6.07, 6.45) is 2.44. The highest BCUT2D eigenvalue weighted by molar-refractivity contribution is 6.32. The molecule has 0 saturated heterocycles. The van der Waals surface area contributed by atoms with Crippen LogP contribution in [0.1, 0.15) is 37.0 Å². The lowest BCUT2D eigenvalue weighted by Gasteiger charge is -2.14. The van der Waals surface area contributed by atoms with Crippen molar-refractivity contribution >= 4 is 29.3 Å². The first-order valence-corrected chi connectivity index (χ1v) is 9.18. The predicted octanol–water partition coefficient (Wildman–Crippen LogP) is 5.68. The van der Waals surface area contributed by atoms with Crippen LogP contribution in [0.3, 0.4) is 0 Å². The summed E-state index contributed by atoms with van der Waals surface area (Å²) in [6, 6.07) is 12.8. The number of nitrogens with zero attached hydrogens (tertiary/aromatic N) is 1. The van der Waals surface area contributed by atoms with Gasteiger partial charge in [0.1, 0.15) is 17.4 Å². The summed E-state index contributed by atoms with van der Waals surface area (Å²) in [5.74, 6) is 0.123. The molecule has 1 atom stereocenters. The number of halogens is 1. The molecule has 0 heterocycles. The smallest absolute Gasteiger partial charge is 0.266 e. The zero-order valence-electron chi connectivity index (χ0n) is 16.0.